The lowest BCUT2D eigenvalue weighted by Gasteiger charge is -2.35. The molecule has 3 amide bonds. The predicted octanol–water partition coefficient (Wildman–Crippen LogP) is 3.89. The van der Waals surface area contributed by atoms with Gasteiger partial charge in [-0.25, -0.2) is 8.42 Å². The summed E-state index contributed by atoms with van der Waals surface area (Å²) >= 11 is 1.12. The maximum atomic E-state index is 12.6. The fourth-order valence-corrected chi connectivity index (χ4v) is 6.00. The summed E-state index contributed by atoms with van der Waals surface area (Å²) in [4.78, 5) is 36.7. The number of thiophene rings is 1. The van der Waals surface area contributed by atoms with Crippen LogP contribution in [0, 0.1) is 0 Å². The molecule has 3 N–H and O–H groups in total. The summed E-state index contributed by atoms with van der Waals surface area (Å²) < 4.78 is 27.3. The lowest BCUT2D eigenvalue weighted by atomic mass is 9.72. The molecule has 1 aromatic heterocycles. The van der Waals surface area contributed by atoms with Crippen LogP contribution in [-0.4, -0.2) is 26.1 Å². The number of piperidine rings is 1. The molecule has 10 heteroatoms. The molecule has 2 heterocycles. The van der Waals surface area contributed by atoms with Gasteiger partial charge in [0.25, 0.3) is 15.9 Å². The van der Waals surface area contributed by atoms with E-state index in [1.165, 1.54) is 30.3 Å². The lowest BCUT2D eigenvalue weighted by Crippen LogP contribution is -2.51. The van der Waals surface area contributed by atoms with E-state index in [4.69, 9.17) is 0 Å². The molecule has 1 atom stereocenters. The summed E-state index contributed by atoms with van der Waals surface area (Å²) in [6, 6.07) is 16.3. The minimum Gasteiger partial charge on any atom is -0.322 e. The van der Waals surface area contributed by atoms with Crippen LogP contribution in [0.15, 0.2) is 70.3 Å². The van der Waals surface area contributed by atoms with Gasteiger partial charge in [-0.2, -0.15) is 0 Å². The average molecular weight is 498 g/mol. The van der Waals surface area contributed by atoms with Crippen molar-refractivity contribution in [1.82, 2.24) is 5.32 Å². The highest BCUT2D eigenvalue weighted by molar-refractivity contribution is 7.94. The normalized spacial score (nSPS) is 18.3. The average Bonchev–Trinajstić information content (AvgIpc) is 3.37. The van der Waals surface area contributed by atoms with E-state index in [9.17, 15) is 22.8 Å². The van der Waals surface area contributed by atoms with Crippen molar-refractivity contribution in [3.8, 4) is 0 Å². The number of sulfonamides is 1. The van der Waals surface area contributed by atoms with Crippen molar-refractivity contribution in [2.75, 3.05) is 10.0 Å². The van der Waals surface area contributed by atoms with E-state index in [0.29, 0.717) is 29.8 Å². The molecule has 0 saturated carbocycles. The monoisotopic (exact) mass is 497 g/mol. The Kier molecular flexibility index (Phi) is 6.54. The van der Waals surface area contributed by atoms with Gasteiger partial charge in [-0.15, -0.1) is 11.3 Å². The van der Waals surface area contributed by atoms with Gasteiger partial charge in [0.1, 0.15) is 4.21 Å². The largest absolute Gasteiger partial charge is 0.322 e. The fraction of sp³-hybridized carbons (Fsp3) is 0.208. The van der Waals surface area contributed by atoms with Gasteiger partial charge in [0.2, 0.25) is 11.8 Å². The summed E-state index contributed by atoms with van der Waals surface area (Å²) in [5, 5.41) is 6.90. The van der Waals surface area contributed by atoms with Crippen LogP contribution in [0.2, 0.25) is 0 Å². The van der Waals surface area contributed by atoms with E-state index < -0.39 is 15.4 Å². The lowest BCUT2D eigenvalue weighted by molar-refractivity contribution is -0.138. The minimum absolute atomic E-state index is 0.208. The first-order chi connectivity index (χ1) is 16.2. The van der Waals surface area contributed by atoms with Crippen LogP contribution >= 0.6 is 11.3 Å². The molecule has 1 fully saturated rings. The number of hydrogen-bond donors (Lipinski definition) is 3. The van der Waals surface area contributed by atoms with Crippen LogP contribution in [0.25, 0.3) is 0 Å². The summed E-state index contributed by atoms with van der Waals surface area (Å²) in [6.07, 6.45) is 1.29. The highest BCUT2D eigenvalue weighted by Crippen LogP contribution is 2.36. The number of carbonyl (C=O) groups is 3. The Hall–Kier alpha value is -3.50. The number of nitrogens with one attached hydrogen (secondary N) is 3. The van der Waals surface area contributed by atoms with Gasteiger partial charge in [-0.05, 0) is 66.2 Å². The van der Waals surface area contributed by atoms with Crippen molar-refractivity contribution in [3.05, 3.63) is 77.2 Å². The van der Waals surface area contributed by atoms with Crippen molar-refractivity contribution < 1.29 is 22.8 Å². The topological polar surface area (TPSA) is 121 Å². The summed E-state index contributed by atoms with van der Waals surface area (Å²) in [5.74, 6) is -0.909. The van der Waals surface area contributed by atoms with Crippen LogP contribution < -0.4 is 15.4 Å². The molecule has 1 aliphatic rings. The van der Waals surface area contributed by atoms with E-state index in [1.54, 1.807) is 35.7 Å². The molecular formula is C24H23N3O5S2. The van der Waals surface area contributed by atoms with Crippen molar-refractivity contribution in [2.24, 2.45) is 0 Å². The standard InChI is InChI=1S/C24H23N3O5S2/c1-2-24(14-13-20(28)26-23(24)30)17-7-11-18(12-8-17)25-22(29)16-5-9-19(10-6-16)27-34(31,32)21-4-3-15-33-21/h3-12,15,27H,2,13-14H2,1H3,(H,25,29)(H,26,28,30). The summed E-state index contributed by atoms with van der Waals surface area (Å²) in [6.45, 7) is 1.91. The molecule has 8 nitrogen and oxygen atoms in total. The van der Waals surface area contributed by atoms with Crippen LogP contribution in [0.5, 0.6) is 0 Å². The van der Waals surface area contributed by atoms with E-state index in [-0.39, 0.29) is 28.4 Å². The summed E-state index contributed by atoms with van der Waals surface area (Å²) in [5.41, 5.74) is 1.29. The summed E-state index contributed by atoms with van der Waals surface area (Å²) in [7, 11) is -3.66. The Morgan fingerprint density at radius 2 is 1.71 bits per heavy atom. The molecule has 1 aliphatic heterocycles. The maximum Gasteiger partial charge on any atom is 0.271 e. The first kappa shape index (κ1) is 23.7. The van der Waals surface area contributed by atoms with Gasteiger partial charge in [0.15, 0.2) is 0 Å². The third-order valence-corrected chi connectivity index (χ3v) is 8.70. The first-order valence-electron chi connectivity index (χ1n) is 10.7. The van der Waals surface area contributed by atoms with Gasteiger partial charge in [-0.1, -0.05) is 25.1 Å². The molecule has 0 spiro atoms. The second-order valence-electron chi connectivity index (χ2n) is 7.96. The van der Waals surface area contributed by atoms with E-state index >= 15 is 0 Å². The molecule has 176 valence electrons. The third-order valence-electron chi connectivity index (χ3n) is 5.92. The second kappa shape index (κ2) is 9.40. The second-order valence-corrected chi connectivity index (χ2v) is 10.8. The Morgan fingerprint density at radius 3 is 2.29 bits per heavy atom. The van der Waals surface area contributed by atoms with Gasteiger partial charge >= 0.3 is 0 Å². The predicted molar refractivity (Wildman–Crippen MR) is 130 cm³/mol. The zero-order valence-corrected chi connectivity index (χ0v) is 20.0. The quantitative estimate of drug-likeness (QED) is 0.428. The van der Waals surface area contributed by atoms with Crippen molar-refractivity contribution in [3.63, 3.8) is 0 Å². The van der Waals surface area contributed by atoms with Crippen LogP contribution in [0.4, 0.5) is 11.4 Å². The van der Waals surface area contributed by atoms with E-state index in [0.717, 1.165) is 16.9 Å². The Labute approximate surface area is 201 Å². The molecule has 2 aromatic carbocycles. The zero-order chi connectivity index (χ0) is 24.3. The van der Waals surface area contributed by atoms with Gasteiger partial charge in [-0.3, -0.25) is 24.4 Å². The van der Waals surface area contributed by atoms with Gasteiger partial charge in [0.05, 0.1) is 5.41 Å². The Bertz CT molecular complexity index is 1320. The minimum atomic E-state index is -3.66. The van der Waals surface area contributed by atoms with Crippen LogP contribution in [0.1, 0.15) is 42.1 Å². The van der Waals surface area contributed by atoms with Crippen molar-refractivity contribution in [1.29, 1.82) is 0 Å². The number of hydrogen-bond acceptors (Lipinski definition) is 6. The number of benzene rings is 2. The molecule has 1 saturated heterocycles. The van der Waals surface area contributed by atoms with Crippen LogP contribution in [-0.2, 0) is 25.0 Å². The number of imide groups is 1. The molecule has 0 aliphatic carbocycles. The highest BCUT2D eigenvalue weighted by Gasteiger charge is 2.42. The molecule has 1 unspecified atom stereocenters. The number of carbonyl (C=O) groups excluding carboxylic acids is 3. The maximum absolute atomic E-state index is 12.6. The van der Waals surface area contributed by atoms with Gasteiger partial charge < -0.3 is 5.32 Å². The van der Waals surface area contributed by atoms with Crippen LogP contribution in [0.3, 0.4) is 0 Å². The molecule has 34 heavy (non-hydrogen) atoms. The number of amides is 3. The van der Waals surface area contributed by atoms with E-state index in [1.807, 2.05) is 6.92 Å². The molecular weight excluding hydrogens is 474 g/mol. The molecule has 4 rings (SSSR count). The SMILES string of the molecule is CCC1(c2ccc(NC(=O)c3ccc(NS(=O)(=O)c4cccs4)cc3)cc2)CCC(=O)NC1=O. The molecule has 0 bridgehead atoms. The first-order valence-corrected chi connectivity index (χ1v) is 13.0. The highest BCUT2D eigenvalue weighted by atomic mass is 32.2. The van der Waals surface area contributed by atoms with Crippen molar-refractivity contribution in [2.45, 2.75) is 35.8 Å². The fourth-order valence-electron chi connectivity index (χ4n) is 3.95. The van der Waals surface area contributed by atoms with E-state index in [2.05, 4.69) is 15.4 Å². The van der Waals surface area contributed by atoms with Crippen molar-refractivity contribution >= 4 is 50.5 Å². The third kappa shape index (κ3) is 4.73. The number of anilines is 2. The molecule has 3 aromatic rings. The Morgan fingerprint density at radius 1 is 1.03 bits per heavy atom. The Balaban J connectivity index is 1.43. The number of rotatable bonds is 7. The van der Waals surface area contributed by atoms with Gasteiger partial charge in [0, 0.05) is 23.4 Å². The zero-order valence-electron chi connectivity index (χ0n) is 18.3. The molecule has 0 radical (unpaired) electrons. The smallest absolute Gasteiger partial charge is 0.271 e.